The van der Waals surface area contributed by atoms with Gasteiger partial charge in [-0.2, -0.15) is 23.5 Å². The van der Waals surface area contributed by atoms with Crippen LogP contribution < -0.4 is 10.6 Å². The van der Waals surface area contributed by atoms with E-state index in [0.29, 0.717) is 29.9 Å². The first-order chi connectivity index (χ1) is 16.2. The Labute approximate surface area is 207 Å². The van der Waals surface area contributed by atoms with E-state index < -0.39 is 5.51 Å². The first-order valence-corrected chi connectivity index (χ1v) is 11.3. The van der Waals surface area contributed by atoms with Gasteiger partial charge in [-0.3, -0.25) is 9.48 Å². The third-order valence-corrected chi connectivity index (χ3v) is 5.52. The van der Waals surface area contributed by atoms with E-state index in [9.17, 15) is 18.0 Å². The number of hydrogen-bond donors (Lipinski definition) is 3. The molecule has 0 saturated heterocycles. The summed E-state index contributed by atoms with van der Waals surface area (Å²) < 4.78 is 38.3. The largest absolute Gasteiger partial charge is 0.446 e. The average Bonchev–Trinajstić information content (AvgIpc) is 3.27. The van der Waals surface area contributed by atoms with Gasteiger partial charge in [0.1, 0.15) is 12.1 Å². The Morgan fingerprint density at radius 1 is 1.26 bits per heavy atom. The van der Waals surface area contributed by atoms with E-state index in [4.69, 9.17) is 10.7 Å². The molecule has 0 radical (unpaired) electrons. The topological polar surface area (TPSA) is 107 Å². The summed E-state index contributed by atoms with van der Waals surface area (Å²) in [5.74, 6) is 0. The lowest BCUT2D eigenvalue weighted by molar-refractivity contribution is -0.105. The van der Waals surface area contributed by atoms with Crippen LogP contribution in [0.4, 0.5) is 18.9 Å². The zero-order valence-corrected chi connectivity index (χ0v) is 20.2. The highest BCUT2D eigenvalue weighted by Gasteiger charge is 2.29. The second kappa shape index (κ2) is 12.9. The molecule has 3 rings (SSSR count). The van der Waals surface area contributed by atoms with E-state index in [2.05, 4.69) is 37.7 Å². The summed E-state index contributed by atoms with van der Waals surface area (Å²) in [4.78, 5) is 10.1. The Kier molecular flexibility index (Phi) is 10.3. The number of thioether (sulfide) groups is 1. The molecule has 0 aliphatic rings. The summed E-state index contributed by atoms with van der Waals surface area (Å²) in [6.07, 6.45) is 3.64. The SMILES string of the molecule is CNCC(C(=N)c1ccc(Br)cc1)n1cc(C#N)cn1.O=CNc1ccc(SC(F)(F)F)cc1. The molecule has 7 nitrogen and oxygen atoms in total. The molecule has 3 aromatic rings. The summed E-state index contributed by atoms with van der Waals surface area (Å²) in [6.45, 7) is 0.571. The van der Waals surface area contributed by atoms with Crippen molar-refractivity contribution < 1.29 is 18.0 Å². The van der Waals surface area contributed by atoms with Crippen molar-refractivity contribution in [2.45, 2.75) is 16.4 Å². The van der Waals surface area contributed by atoms with Crippen LogP contribution in [0.25, 0.3) is 0 Å². The first kappa shape index (κ1) is 27.1. The molecule has 2 aromatic carbocycles. The van der Waals surface area contributed by atoms with Crippen molar-refractivity contribution in [2.75, 3.05) is 18.9 Å². The number of hydrogen-bond acceptors (Lipinski definition) is 6. The lowest BCUT2D eigenvalue weighted by Gasteiger charge is -2.18. The predicted octanol–water partition coefficient (Wildman–Crippen LogP) is 5.21. The van der Waals surface area contributed by atoms with Crippen molar-refractivity contribution in [2.24, 2.45) is 0 Å². The molecule has 0 aliphatic heterocycles. The van der Waals surface area contributed by atoms with Gasteiger partial charge in [-0.1, -0.05) is 28.1 Å². The lowest BCUT2D eigenvalue weighted by Crippen LogP contribution is -2.29. The van der Waals surface area contributed by atoms with Gasteiger partial charge in [0.15, 0.2) is 0 Å². The summed E-state index contributed by atoms with van der Waals surface area (Å²) in [7, 11) is 1.83. The van der Waals surface area contributed by atoms with Crippen LogP contribution in [-0.4, -0.2) is 41.0 Å². The number of likely N-dealkylation sites (N-methyl/N-ethyl adjacent to an activating group) is 1. The molecule has 178 valence electrons. The third kappa shape index (κ3) is 8.66. The Hall–Kier alpha value is -3.14. The standard InChI is InChI=1S/C14H14BrN5.C8H6F3NOS/c1-18-8-13(20-9-10(6-16)7-19-20)14(17)11-2-4-12(15)5-3-11;9-8(10,11)14-7-3-1-6(2-4-7)12-5-13/h2-5,7,9,13,17-18H,8H2,1H3;1-5H,(H,12,13). The van der Waals surface area contributed by atoms with Gasteiger partial charge in [-0.25, -0.2) is 0 Å². The molecule has 0 fully saturated rings. The van der Waals surface area contributed by atoms with Crippen LogP contribution in [0.3, 0.4) is 0 Å². The maximum Gasteiger partial charge on any atom is 0.446 e. The molecule has 34 heavy (non-hydrogen) atoms. The molecular formula is C22H20BrF3N6OS. The van der Waals surface area contributed by atoms with Crippen LogP contribution in [0.5, 0.6) is 0 Å². The number of alkyl halides is 3. The fourth-order valence-electron chi connectivity index (χ4n) is 2.73. The highest BCUT2D eigenvalue weighted by Crippen LogP contribution is 2.36. The van der Waals surface area contributed by atoms with Gasteiger partial charge in [-0.05, 0) is 60.8 Å². The number of carbonyl (C=O) groups excluding carboxylic acids is 1. The summed E-state index contributed by atoms with van der Waals surface area (Å²) in [5, 5.41) is 26.8. The molecule has 1 aromatic heterocycles. The fraction of sp³-hybridized carbons (Fsp3) is 0.182. The predicted molar refractivity (Wildman–Crippen MR) is 129 cm³/mol. The van der Waals surface area contributed by atoms with Gasteiger partial charge in [0, 0.05) is 27.8 Å². The Balaban J connectivity index is 0.000000257. The quantitative estimate of drug-likeness (QED) is 0.202. The van der Waals surface area contributed by atoms with Gasteiger partial charge in [0.05, 0.1) is 17.5 Å². The molecule has 1 atom stereocenters. The number of aromatic nitrogens is 2. The number of anilines is 1. The lowest BCUT2D eigenvalue weighted by atomic mass is 10.0. The Morgan fingerprint density at radius 3 is 2.41 bits per heavy atom. The van der Waals surface area contributed by atoms with E-state index in [0.717, 1.165) is 10.0 Å². The van der Waals surface area contributed by atoms with Crippen LogP contribution in [0, 0.1) is 16.7 Å². The zero-order valence-electron chi connectivity index (χ0n) is 17.8. The molecule has 3 N–H and O–H groups in total. The van der Waals surface area contributed by atoms with Crippen LogP contribution in [0.2, 0.25) is 0 Å². The van der Waals surface area contributed by atoms with Crippen molar-refractivity contribution in [1.82, 2.24) is 15.1 Å². The van der Waals surface area contributed by atoms with Crippen molar-refractivity contribution in [3.63, 3.8) is 0 Å². The summed E-state index contributed by atoms with van der Waals surface area (Å²) >= 11 is 3.19. The van der Waals surface area contributed by atoms with E-state index >= 15 is 0 Å². The molecule has 0 aliphatic carbocycles. The highest BCUT2D eigenvalue weighted by molar-refractivity contribution is 9.10. The van der Waals surface area contributed by atoms with E-state index in [1.54, 1.807) is 10.9 Å². The number of rotatable bonds is 8. The molecule has 1 unspecified atom stereocenters. The molecule has 0 bridgehead atoms. The van der Waals surface area contributed by atoms with E-state index in [1.165, 1.54) is 30.5 Å². The summed E-state index contributed by atoms with van der Waals surface area (Å²) in [5.41, 5.74) is -2.03. The minimum atomic E-state index is -4.28. The number of carbonyl (C=O) groups is 1. The van der Waals surface area contributed by atoms with Crippen LogP contribution in [0.15, 0.2) is 70.3 Å². The smallest absolute Gasteiger partial charge is 0.329 e. The molecule has 0 spiro atoms. The molecule has 1 heterocycles. The fourth-order valence-corrected chi connectivity index (χ4v) is 3.53. The van der Waals surface area contributed by atoms with Crippen LogP contribution in [0.1, 0.15) is 17.2 Å². The minimum absolute atomic E-state index is 0.0916. The van der Waals surface area contributed by atoms with E-state index in [-0.39, 0.29) is 22.7 Å². The number of nitriles is 1. The monoisotopic (exact) mass is 552 g/mol. The van der Waals surface area contributed by atoms with Gasteiger partial charge in [-0.15, -0.1) is 0 Å². The van der Waals surface area contributed by atoms with Gasteiger partial charge in [0.25, 0.3) is 0 Å². The number of nitrogens with zero attached hydrogens (tertiary/aromatic N) is 3. The Bertz CT molecular complexity index is 1130. The summed E-state index contributed by atoms with van der Waals surface area (Å²) in [6, 6.07) is 14.8. The molecule has 12 heteroatoms. The maximum absolute atomic E-state index is 11.9. The first-order valence-electron chi connectivity index (χ1n) is 9.66. The van der Waals surface area contributed by atoms with Gasteiger partial charge >= 0.3 is 5.51 Å². The third-order valence-electron chi connectivity index (χ3n) is 4.25. The van der Waals surface area contributed by atoms with Crippen molar-refractivity contribution in [1.29, 1.82) is 10.7 Å². The van der Waals surface area contributed by atoms with Crippen LogP contribution in [-0.2, 0) is 4.79 Å². The minimum Gasteiger partial charge on any atom is -0.329 e. The second-order valence-corrected chi connectivity index (χ2v) is 8.70. The van der Waals surface area contributed by atoms with Gasteiger partial charge < -0.3 is 16.0 Å². The van der Waals surface area contributed by atoms with E-state index in [1.807, 2.05) is 31.3 Å². The molecule has 0 saturated carbocycles. The van der Waals surface area contributed by atoms with Gasteiger partial charge in [0.2, 0.25) is 6.41 Å². The molecular weight excluding hydrogens is 533 g/mol. The number of amides is 1. The maximum atomic E-state index is 11.9. The molecule has 1 amide bonds. The highest BCUT2D eigenvalue weighted by atomic mass is 79.9. The van der Waals surface area contributed by atoms with Crippen LogP contribution >= 0.6 is 27.7 Å². The number of benzene rings is 2. The zero-order chi connectivity index (χ0) is 25.1. The second-order valence-electron chi connectivity index (χ2n) is 6.65. The number of nitrogens with one attached hydrogen (secondary N) is 3. The Morgan fingerprint density at radius 2 is 1.91 bits per heavy atom. The van der Waals surface area contributed by atoms with Crippen molar-refractivity contribution >= 4 is 45.5 Å². The van der Waals surface area contributed by atoms with Crippen molar-refractivity contribution in [3.05, 3.63) is 76.5 Å². The average molecular weight is 553 g/mol. The van der Waals surface area contributed by atoms with Crippen molar-refractivity contribution in [3.8, 4) is 6.07 Å². The number of halogens is 4. The normalized spacial score (nSPS) is 11.5.